The van der Waals surface area contributed by atoms with Crippen LogP contribution in [-0.4, -0.2) is 24.8 Å². The van der Waals surface area contributed by atoms with E-state index in [0.29, 0.717) is 23.6 Å². The minimum atomic E-state index is -0.171. The Hall–Kier alpha value is -4.39. The molecule has 5 rings (SSSR count). The fourth-order valence-electron chi connectivity index (χ4n) is 3.95. The Bertz CT molecular complexity index is 1400. The molecule has 7 nitrogen and oxygen atoms in total. The normalized spacial score (nSPS) is 11.0. The molecule has 0 radical (unpaired) electrons. The third-order valence-corrected chi connectivity index (χ3v) is 5.47. The molecule has 1 amide bonds. The van der Waals surface area contributed by atoms with Crippen LogP contribution in [0.2, 0.25) is 0 Å². The summed E-state index contributed by atoms with van der Waals surface area (Å²) in [6, 6.07) is 19.0. The lowest BCUT2D eigenvalue weighted by atomic mass is 10.2. The fraction of sp³-hybridized carbons (Fsp3) is 0.115. The number of rotatable bonds is 6. The van der Waals surface area contributed by atoms with Gasteiger partial charge in [0.15, 0.2) is 0 Å². The van der Waals surface area contributed by atoms with E-state index in [4.69, 9.17) is 4.74 Å². The van der Waals surface area contributed by atoms with Crippen LogP contribution in [0.1, 0.15) is 27.4 Å². The highest BCUT2D eigenvalue weighted by Gasteiger charge is 2.17. The van der Waals surface area contributed by atoms with E-state index in [2.05, 4.69) is 15.3 Å². The molecule has 7 heteroatoms. The summed E-state index contributed by atoms with van der Waals surface area (Å²) in [4.78, 5) is 21.8. The molecule has 4 heterocycles. The number of benzene rings is 1. The molecular formula is C26H23N5O2. The van der Waals surface area contributed by atoms with E-state index in [0.717, 1.165) is 28.4 Å². The first-order valence-corrected chi connectivity index (χ1v) is 10.6. The van der Waals surface area contributed by atoms with Gasteiger partial charge < -0.3 is 19.0 Å². The average molecular weight is 438 g/mol. The van der Waals surface area contributed by atoms with Gasteiger partial charge in [0.25, 0.3) is 5.91 Å². The van der Waals surface area contributed by atoms with Gasteiger partial charge >= 0.3 is 0 Å². The van der Waals surface area contributed by atoms with Crippen LogP contribution in [-0.2, 0) is 6.61 Å². The van der Waals surface area contributed by atoms with Gasteiger partial charge in [0, 0.05) is 41.7 Å². The van der Waals surface area contributed by atoms with Gasteiger partial charge in [-0.25, -0.2) is 4.98 Å². The van der Waals surface area contributed by atoms with Crippen LogP contribution in [0.4, 0.5) is 5.69 Å². The van der Waals surface area contributed by atoms with Gasteiger partial charge in [-0.2, -0.15) is 0 Å². The summed E-state index contributed by atoms with van der Waals surface area (Å²) in [6.45, 7) is 4.25. The summed E-state index contributed by atoms with van der Waals surface area (Å²) in [6.07, 6.45) is 7.41. The van der Waals surface area contributed by atoms with Gasteiger partial charge in [-0.15, -0.1) is 0 Å². The Balaban J connectivity index is 1.30. The summed E-state index contributed by atoms with van der Waals surface area (Å²) < 4.78 is 9.90. The highest BCUT2D eigenvalue weighted by Crippen LogP contribution is 2.23. The summed E-state index contributed by atoms with van der Waals surface area (Å²) in [5, 5.41) is 2.98. The van der Waals surface area contributed by atoms with Gasteiger partial charge in [-0.1, -0.05) is 12.1 Å². The number of fused-ring (bicyclic) bond motifs is 1. The van der Waals surface area contributed by atoms with Crippen molar-refractivity contribution in [2.45, 2.75) is 20.5 Å². The molecule has 33 heavy (non-hydrogen) atoms. The Morgan fingerprint density at radius 1 is 1.06 bits per heavy atom. The van der Waals surface area contributed by atoms with Crippen LogP contribution in [0.25, 0.3) is 11.3 Å². The molecule has 1 aromatic carbocycles. The lowest BCUT2D eigenvalue weighted by Gasteiger charge is -2.10. The van der Waals surface area contributed by atoms with Gasteiger partial charge in [0.2, 0.25) is 0 Å². The zero-order valence-electron chi connectivity index (χ0n) is 18.4. The first kappa shape index (κ1) is 20.5. The Morgan fingerprint density at radius 2 is 1.97 bits per heavy atom. The lowest BCUT2D eigenvalue weighted by Crippen LogP contribution is -2.13. The van der Waals surface area contributed by atoms with Crippen LogP contribution >= 0.6 is 0 Å². The number of hydrogen-bond acceptors (Lipinski definition) is 4. The van der Waals surface area contributed by atoms with Crippen LogP contribution in [0.3, 0.4) is 0 Å². The highest BCUT2D eigenvalue weighted by atomic mass is 16.5. The molecule has 5 aromatic rings. The Morgan fingerprint density at radius 3 is 2.79 bits per heavy atom. The third kappa shape index (κ3) is 4.21. The summed E-state index contributed by atoms with van der Waals surface area (Å²) in [5.74, 6) is 0.487. The molecule has 0 aliphatic rings. The first-order valence-electron chi connectivity index (χ1n) is 10.6. The van der Waals surface area contributed by atoms with Gasteiger partial charge in [-0.3, -0.25) is 9.78 Å². The summed E-state index contributed by atoms with van der Waals surface area (Å²) >= 11 is 0. The van der Waals surface area contributed by atoms with Crippen LogP contribution in [0.15, 0.2) is 85.5 Å². The van der Waals surface area contributed by atoms with E-state index < -0.39 is 0 Å². The molecule has 0 unspecified atom stereocenters. The van der Waals surface area contributed by atoms with E-state index >= 15 is 0 Å². The molecule has 0 saturated heterocycles. The number of imidazole rings is 1. The standard InChI is InChI=1S/C26H23N5O2/c1-18-13-24(19(2)31(18)22-8-6-11-27-15-22)26(32)29-20-7-5-9-23(14-20)33-17-21-16-30-12-4-3-10-25(30)28-21/h3-16H,17H2,1-2H3,(H,29,32). The molecule has 164 valence electrons. The largest absolute Gasteiger partial charge is 0.487 e. The minimum Gasteiger partial charge on any atom is -0.487 e. The van der Waals surface area contributed by atoms with Crippen molar-refractivity contribution in [1.82, 2.24) is 18.9 Å². The number of aromatic nitrogens is 4. The van der Waals surface area contributed by atoms with Crippen molar-refractivity contribution in [1.29, 1.82) is 0 Å². The van der Waals surface area contributed by atoms with E-state index in [1.807, 2.05) is 95.9 Å². The molecular weight excluding hydrogens is 414 g/mol. The molecule has 0 aliphatic carbocycles. The second-order valence-electron chi connectivity index (χ2n) is 7.80. The van der Waals surface area contributed by atoms with Crippen LogP contribution in [0, 0.1) is 13.8 Å². The second-order valence-corrected chi connectivity index (χ2v) is 7.80. The van der Waals surface area contributed by atoms with Gasteiger partial charge in [0.05, 0.1) is 23.1 Å². The molecule has 0 fully saturated rings. The maximum atomic E-state index is 13.0. The fourth-order valence-corrected chi connectivity index (χ4v) is 3.95. The van der Waals surface area contributed by atoms with E-state index in [1.165, 1.54) is 0 Å². The first-order chi connectivity index (χ1) is 16.1. The number of amides is 1. The van der Waals surface area contributed by atoms with E-state index in [-0.39, 0.29) is 5.91 Å². The molecule has 0 aliphatic heterocycles. The molecule has 0 bridgehead atoms. The number of ether oxygens (including phenoxy) is 1. The average Bonchev–Trinajstić information content (AvgIpc) is 3.38. The number of hydrogen-bond donors (Lipinski definition) is 1. The van der Waals surface area contributed by atoms with Crippen molar-refractivity contribution in [3.8, 4) is 11.4 Å². The summed E-state index contributed by atoms with van der Waals surface area (Å²) in [5.41, 5.74) is 5.74. The monoisotopic (exact) mass is 437 g/mol. The number of nitrogens with one attached hydrogen (secondary N) is 1. The van der Waals surface area contributed by atoms with Crippen molar-refractivity contribution in [3.63, 3.8) is 0 Å². The molecule has 0 spiro atoms. The number of pyridine rings is 2. The maximum absolute atomic E-state index is 13.0. The predicted molar refractivity (Wildman–Crippen MR) is 127 cm³/mol. The van der Waals surface area contributed by atoms with E-state index in [1.54, 1.807) is 12.4 Å². The Kier molecular flexibility index (Phi) is 5.36. The molecule has 4 aromatic heterocycles. The van der Waals surface area contributed by atoms with Crippen molar-refractivity contribution in [2.75, 3.05) is 5.32 Å². The predicted octanol–water partition coefficient (Wildman–Crippen LogP) is 4.97. The van der Waals surface area contributed by atoms with Crippen LogP contribution in [0.5, 0.6) is 5.75 Å². The number of anilines is 1. The van der Waals surface area contributed by atoms with Gasteiger partial charge in [0.1, 0.15) is 18.0 Å². The van der Waals surface area contributed by atoms with E-state index in [9.17, 15) is 4.79 Å². The topological polar surface area (TPSA) is 73.4 Å². The molecule has 0 atom stereocenters. The molecule has 1 N–H and O–H groups in total. The zero-order valence-corrected chi connectivity index (χ0v) is 18.4. The lowest BCUT2D eigenvalue weighted by molar-refractivity contribution is 0.102. The number of aryl methyl sites for hydroxylation is 1. The zero-order chi connectivity index (χ0) is 22.8. The van der Waals surface area contributed by atoms with Crippen molar-refractivity contribution >= 4 is 17.2 Å². The maximum Gasteiger partial charge on any atom is 0.257 e. The van der Waals surface area contributed by atoms with Crippen molar-refractivity contribution in [2.24, 2.45) is 0 Å². The van der Waals surface area contributed by atoms with Gasteiger partial charge in [-0.05, 0) is 56.3 Å². The van der Waals surface area contributed by atoms with Crippen molar-refractivity contribution in [3.05, 3.63) is 108 Å². The second kappa shape index (κ2) is 8.63. The molecule has 0 saturated carbocycles. The highest BCUT2D eigenvalue weighted by molar-refractivity contribution is 6.05. The number of carbonyl (C=O) groups is 1. The SMILES string of the molecule is Cc1cc(C(=O)Nc2cccc(OCc3cn4ccccc4n3)c2)c(C)n1-c1cccnc1. The third-order valence-electron chi connectivity index (χ3n) is 5.47. The summed E-state index contributed by atoms with van der Waals surface area (Å²) in [7, 11) is 0. The quantitative estimate of drug-likeness (QED) is 0.407. The Labute approximate surface area is 191 Å². The smallest absolute Gasteiger partial charge is 0.257 e. The minimum absolute atomic E-state index is 0.171. The van der Waals surface area contributed by atoms with Crippen LogP contribution < -0.4 is 10.1 Å². The number of nitrogens with zero attached hydrogens (tertiary/aromatic N) is 4. The number of carbonyl (C=O) groups excluding carboxylic acids is 1. The van der Waals surface area contributed by atoms with Crippen molar-refractivity contribution < 1.29 is 9.53 Å².